The molecule has 0 saturated carbocycles. The summed E-state index contributed by atoms with van der Waals surface area (Å²) in [6.07, 6.45) is 1.30. The lowest BCUT2D eigenvalue weighted by Crippen LogP contribution is -3.00. The van der Waals surface area contributed by atoms with Crippen LogP contribution in [0.15, 0.2) is 12.7 Å². The number of halogens is 1. The highest BCUT2D eigenvalue weighted by Crippen LogP contribution is 2.32. The van der Waals surface area contributed by atoms with Gasteiger partial charge in [0.1, 0.15) is 36.7 Å². The Labute approximate surface area is 198 Å². The molecule has 5 N–H and O–H groups in total. The van der Waals surface area contributed by atoms with Gasteiger partial charge in [-0.15, -0.1) is 0 Å². The number of aliphatic hydroxyl groups is 2. The number of nitrogens with one attached hydrogen (secondary N) is 1. The number of ether oxygens (including phenoxy) is 1. The van der Waals surface area contributed by atoms with Gasteiger partial charge in [0.2, 0.25) is 5.91 Å². The van der Waals surface area contributed by atoms with E-state index < -0.39 is 24.5 Å². The first-order chi connectivity index (χ1) is 14.2. The number of carbonyl (C=O) groups excluding carboxylic acids is 1. The second kappa shape index (κ2) is 10.8. The van der Waals surface area contributed by atoms with E-state index in [1.54, 1.807) is 4.57 Å². The smallest absolute Gasteiger partial charge is 0.220 e. The monoisotopic (exact) mass is 549 g/mol. The van der Waals surface area contributed by atoms with Gasteiger partial charge in [-0.05, 0) is 6.42 Å². The number of hydrogen-bond acceptors (Lipinski definition) is 8. The Bertz CT molecular complexity index is 878. The van der Waals surface area contributed by atoms with Gasteiger partial charge >= 0.3 is 0 Å². The average molecular weight is 549 g/mol. The van der Waals surface area contributed by atoms with Gasteiger partial charge in [0.05, 0.1) is 27.0 Å². The quantitative estimate of drug-likeness (QED) is 0.186. The third kappa shape index (κ3) is 6.00. The lowest BCUT2D eigenvalue weighted by Gasteiger charge is -2.33. The molecule has 11 nitrogen and oxygen atoms in total. The number of hydrogen-bond donors (Lipinski definition) is 4. The SMILES string of the molecule is CCCNC(=O)CCC[N+](C)(C)C[C@H]1O[C@@H](n2cnc3c(N)ncnc32)[C@H](O)[C@@H]1O.[I-]. The van der Waals surface area contributed by atoms with Crippen LogP contribution in [-0.4, -0.2) is 92.2 Å². The van der Waals surface area contributed by atoms with Crippen LogP contribution < -0.4 is 35.0 Å². The van der Waals surface area contributed by atoms with Crippen molar-refractivity contribution in [1.82, 2.24) is 24.8 Å². The Morgan fingerprint density at radius 1 is 1.29 bits per heavy atom. The normalized spacial score (nSPS) is 23.6. The van der Waals surface area contributed by atoms with Crippen molar-refractivity contribution in [2.45, 2.75) is 50.7 Å². The summed E-state index contributed by atoms with van der Waals surface area (Å²) in [5.74, 6) is 0.293. The zero-order valence-electron chi connectivity index (χ0n) is 18.1. The van der Waals surface area contributed by atoms with Crippen molar-refractivity contribution in [3.8, 4) is 0 Å². The van der Waals surface area contributed by atoms with Gasteiger partial charge in [-0.3, -0.25) is 9.36 Å². The van der Waals surface area contributed by atoms with Crippen LogP contribution >= 0.6 is 0 Å². The molecule has 3 heterocycles. The standard InChI is InChI=1S/C19H31N7O4.HI/c1-4-7-21-13(27)6-5-8-26(2,3)9-12-15(28)16(29)19(30-12)25-11-24-14-17(20)22-10-23-18(14)25;/h10-12,15-16,19,28-29H,4-9H2,1-3H3,(H2-,20,21,22,23,27);1H/t12-,15-,16-,19-;/m1./s1. The van der Waals surface area contributed by atoms with Crippen molar-refractivity contribution in [1.29, 1.82) is 0 Å². The third-order valence-electron chi connectivity index (χ3n) is 5.41. The predicted octanol–water partition coefficient (Wildman–Crippen LogP) is -3.59. The molecular weight excluding hydrogens is 517 g/mol. The summed E-state index contributed by atoms with van der Waals surface area (Å²) >= 11 is 0. The highest BCUT2D eigenvalue weighted by molar-refractivity contribution is 5.81. The van der Waals surface area contributed by atoms with Gasteiger partial charge < -0.3 is 54.5 Å². The molecule has 1 saturated heterocycles. The van der Waals surface area contributed by atoms with E-state index in [1.165, 1.54) is 12.7 Å². The summed E-state index contributed by atoms with van der Waals surface area (Å²) in [4.78, 5) is 24.1. The minimum Gasteiger partial charge on any atom is -1.00 e. The number of quaternary nitrogens is 1. The average Bonchev–Trinajstić information content (AvgIpc) is 3.23. The Balaban J connectivity index is 0.00000341. The molecule has 0 unspecified atom stereocenters. The number of rotatable bonds is 9. The summed E-state index contributed by atoms with van der Waals surface area (Å²) in [7, 11) is 4.03. The molecular formula is C19H32IN7O4. The van der Waals surface area contributed by atoms with Crippen LogP contribution in [0.4, 0.5) is 5.82 Å². The van der Waals surface area contributed by atoms with Crippen molar-refractivity contribution in [3.05, 3.63) is 12.7 Å². The van der Waals surface area contributed by atoms with E-state index in [1.807, 2.05) is 21.0 Å². The molecule has 31 heavy (non-hydrogen) atoms. The Morgan fingerprint density at radius 2 is 2.03 bits per heavy atom. The molecule has 0 aromatic carbocycles. The maximum Gasteiger partial charge on any atom is 0.220 e. The molecule has 12 heteroatoms. The molecule has 0 spiro atoms. The number of carbonyl (C=O) groups is 1. The first-order valence-corrected chi connectivity index (χ1v) is 10.3. The zero-order valence-corrected chi connectivity index (χ0v) is 20.3. The van der Waals surface area contributed by atoms with Crippen LogP contribution in [0, 0.1) is 0 Å². The topological polar surface area (TPSA) is 148 Å². The second-order valence-corrected chi connectivity index (χ2v) is 8.42. The van der Waals surface area contributed by atoms with E-state index >= 15 is 0 Å². The molecule has 2 aromatic heterocycles. The zero-order chi connectivity index (χ0) is 21.9. The van der Waals surface area contributed by atoms with Crippen LogP contribution in [0.25, 0.3) is 11.2 Å². The maximum atomic E-state index is 11.8. The second-order valence-electron chi connectivity index (χ2n) is 8.42. The number of anilines is 1. The minimum absolute atomic E-state index is 0. The molecule has 4 atom stereocenters. The van der Waals surface area contributed by atoms with Crippen molar-refractivity contribution in [2.24, 2.45) is 0 Å². The molecule has 0 radical (unpaired) electrons. The number of fused-ring (bicyclic) bond motifs is 1. The summed E-state index contributed by atoms with van der Waals surface area (Å²) in [5, 5.41) is 24.1. The van der Waals surface area contributed by atoms with Crippen molar-refractivity contribution >= 4 is 22.9 Å². The summed E-state index contributed by atoms with van der Waals surface area (Å²) in [5.41, 5.74) is 6.68. The van der Waals surface area contributed by atoms with Gasteiger partial charge in [-0.25, -0.2) is 15.0 Å². The van der Waals surface area contributed by atoms with Crippen molar-refractivity contribution < 1.29 is 48.2 Å². The highest BCUT2D eigenvalue weighted by Gasteiger charge is 2.46. The fraction of sp³-hybridized carbons (Fsp3) is 0.684. The number of amides is 1. The molecule has 1 amide bonds. The first kappa shape index (κ1) is 25.6. The van der Waals surface area contributed by atoms with Gasteiger partial charge in [-0.2, -0.15) is 0 Å². The van der Waals surface area contributed by atoms with Crippen LogP contribution in [0.3, 0.4) is 0 Å². The molecule has 1 fully saturated rings. The van der Waals surface area contributed by atoms with Crippen molar-refractivity contribution in [3.63, 3.8) is 0 Å². The van der Waals surface area contributed by atoms with Crippen LogP contribution in [0.5, 0.6) is 0 Å². The van der Waals surface area contributed by atoms with Gasteiger partial charge in [0.25, 0.3) is 0 Å². The molecule has 0 bridgehead atoms. The number of aliphatic hydroxyl groups excluding tert-OH is 2. The van der Waals surface area contributed by atoms with E-state index in [9.17, 15) is 15.0 Å². The lowest BCUT2D eigenvalue weighted by atomic mass is 10.1. The summed E-state index contributed by atoms with van der Waals surface area (Å²) in [6, 6.07) is 0. The maximum absolute atomic E-state index is 11.8. The van der Waals surface area contributed by atoms with Gasteiger partial charge in [-0.1, -0.05) is 6.92 Å². The molecule has 3 rings (SSSR count). The van der Waals surface area contributed by atoms with Crippen LogP contribution in [0.1, 0.15) is 32.4 Å². The fourth-order valence-corrected chi connectivity index (χ4v) is 3.76. The minimum atomic E-state index is -1.14. The molecule has 1 aliphatic heterocycles. The van der Waals surface area contributed by atoms with E-state index in [0.717, 1.165) is 19.4 Å². The molecule has 0 aliphatic carbocycles. The Kier molecular flexibility index (Phi) is 8.94. The first-order valence-electron chi connectivity index (χ1n) is 10.3. The van der Waals surface area contributed by atoms with E-state index in [-0.39, 0.29) is 35.7 Å². The number of nitrogen functional groups attached to an aromatic ring is 1. The number of likely N-dealkylation sites (N-methyl/N-ethyl adjacent to an activating group) is 1. The fourth-order valence-electron chi connectivity index (χ4n) is 3.76. The third-order valence-corrected chi connectivity index (χ3v) is 5.41. The predicted molar refractivity (Wildman–Crippen MR) is 110 cm³/mol. The van der Waals surface area contributed by atoms with E-state index in [2.05, 4.69) is 20.3 Å². The Morgan fingerprint density at radius 3 is 2.74 bits per heavy atom. The van der Waals surface area contributed by atoms with E-state index in [0.29, 0.717) is 35.2 Å². The van der Waals surface area contributed by atoms with Gasteiger partial charge in [0, 0.05) is 19.4 Å². The van der Waals surface area contributed by atoms with Crippen molar-refractivity contribution in [2.75, 3.05) is 39.5 Å². The number of imidazole rings is 1. The van der Waals surface area contributed by atoms with Crippen LogP contribution in [-0.2, 0) is 9.53 Å². The molecule has 174 valence electrons. The summed E-state index contributed by atoms with van der Waals surface area (Å²) < 4.78 is 8.13. The Hall–Kier alpha value is -1.61. The largest absolute Gasteiger partial charge is 1.00 e. The molecule has 1 aliphatic rings. The summed E-state index contributed by atoms with van der Waals surface area (Å²) in [6.45, 7) is 3.93. The number of aromatic nitrogens is 4. The molecule has 2 aromatic rings. The number of nitrogens with two attached hydrogens (primary N) is 1. The lowest BCUT2D eigenvalue weighted by molar-refractivity contribution is -0.893. The number of nitrogens with zero attached hydrogens (tertiary/aromatic N) is 5. The van der Waals surface area contributed by atoms with Gasteiger partial charge in [0.15, 0.2) is 17.7 Å². The highest BCUT2D eigenvalue weighted by atomic mass is 127. The van der Waals surface area contributed by atoms with E-state index in [4.69, 9.17) is 10.5 Å². The van der Waals surface area contributed by atoms with Crippen LogP contribution in [0.2, 0.25) is 0 Å².